The third-order valence-corrected chi connectivity index (χ3v) is 6.01. The van der Waals surface area contributed by atoms with Gasteiger partial charge in [0.15, 0.2) is 5.82 Å². The lowest BCUT2D eigenvalue weighted by molar-refractivity contribution is -0.137. The Morgan fingerprint density at radius 1 is 1.03 bits per heavy atom. The first-order chi connectivity index (χ1) is 18.6. The fourth-order valence-electron chi connectivity index (χ4n) is 3.80. The second kappa shape index (κ2) is 11.7. The van der Waals surface area contributed by atoms with Crippen molar-refractivity contribution in [2.75, 3.05) is 31.4 Å². The van der Waals surface area contributed by atoms with Gasteiger partial charge in [-0.05, 0) is 48.0 Å². The molecular formula is C27H23ClF3N5O3. The molecule has 4 rings (SSSR count). The van der Waals surface area contributed by atoms with E-state index in [2.05, 4.69) is 25.9 Å². The quantitative estimate of drug-likeness (QED) is 0.263. The average molecular weight is 558 g/mol. The molecule has 0 aliphatic rings. The maximum absolute atomic E-state index is 13.2. The summed E-state index contributed by atoms with van der Waals surface area (Å²) < 4.78 is 44.5. The van der Waals surface area contributed by atoms with Crippen LogP contribution in [-0.4, -0.2) is 42.5 Å². The largest absolute Gasteiger partial charge is 0.416 e. The molecule has 0 spiro atoms. The number of nitrogens with one attached hydrogen (secondary N) is 3. The van der Waals surface area contributed by atoms with Crippen LogP contribution >= 0.6 is 11.6 Å². The molecule has 0 aliphatic carbocycles. The van der Waals surface area contributed by atoms with Crippen molar-refractivity contribution in [3.63, 3.8) is 0 Å². The molecule has 12 heteroatoms. The van der Waals surface area contributed by atoms with Gasteiger partial charge in [-0.25, -0.2) is 9.97 Å². The summed E-state index contributed by atoms with van der Waals surface area (Å²) in [5.41, 5.74) is 1.02. The van der Waals surface area contributed by atoms with Gasteiger partial charge in [-0.1, -0.05) is 29.8 Å². The van der Waals surface area contributed by atoms with Gasteiger partial charge in [-0.3, -0.25) is 9.59 Å². The van der Waals surface area contributed by atoms with Crippen LogP contribution < -0.4 is 16.0 Å². The number of carbonyl (C=O) groups excluding carboxylic acids is 2. The van der Waals surface area contributed by atoms with Gasteiger partial charge in [-0.2, -0.15) is 13.2 Å². The van der Waals surface area contributed by atoms with Gasteiger partial charge in [-0.15, -0.1) is 0 Å². The summed E-state index contributed by atoms with van der Waals surface area (Å²) in [5, 5.41) is 9.20. The first-order valence-corrected chi connectivity index (χ1v) is 12.0. The van der Waals surface area contributed by atoms with Gasteiger partial charge in [0, 0.05) is 37.3 Å². The van der Waals surface area contributed by atoms with Crippen molar-refractivity contribution in [1.82, 2.24) is 15.3 Å². The molecule has 0 unspecified atom stereocenters. The van der Waals surface area contributed by atoms with Crippen molar-refractivity contribution in [2.45, 2.75) is 12.7 Å². The van der Waals surface area contributed by atoms with Crippen LogP contribution in [-0.2, 0) is 22.3 Å². The highest BCUT2D eigenvalue weighted by Crippen LogP contribution is 2.33. The Morgan fingerprint density at radius 2 is 1.82 bits per heavy atom. The minimum atomic E-state index is -4.51. The number of halogens is 4. The summed E-state index contributed by atoms with van der Waals surface area (Å²) in [7, 11) is 3.05. The van der Waals surface area contributed by atoms with Crippen molar-refractivity contribution < 1.29 is 27.5 Å². The molecule has 3 N–H and O–H groups in total. The molecule has 0 fully saturated rings. The second-order valence-corrected chi connectivity index (χ2v) is 8.84. The first-order valence-electron chi connectivity index (χ1n) is 11.6. The maximum Gasteiger partial charge on any atom is 0.416 e. The number of hydrogen-bond acceptors (Lipinski definition) is 6. The lowest BCUT2D eigenvalue weighted by Crippen LogP contribution is -2.26. The SMILES string of the molecule is CNc1nc(-c2cccc(C(F)(F)F)c2)nc2cc(NC(=O)c3cc(CNC(=O)COC)ccc3Cl)ccc12. The Labute approximate surface area is 226 Å². The number of fused-ring (bicyclic) bond motifs is 1. The Hall–Kier alpha value is -4.22. The van der Waals surface area contributed by atoms with Gasteiger partial charge >= 0.3 is 6.18 Å². The number of methoxy groups -OCH3 is 1. The Kier molecular flexibility index (Phi) is 8.32. The molecule has 202 valence electrons. The fourth-order valence-corrected chi connectivity index (χ4v) is 4.00. The first kappa shape index (κ1) is 27.8. The zero-order valence-electron chi connectivity index (χ0n) is 20.8. The van der Waals surface area contributed by atoms with E-state index in [1.807, 2.05) is 0 Å². The second-order valence-electron chi connectivity index (χ2n) is 8.43. The van der Waals surface area contributed by atoms with Crippen molar-refractivity contribution in [2.24, 2.45) is 0 Å². The number of hydrogen-bond donors (Lipinski definition) is 3. The highest BCUT2D eigenvalue weighted by molar-refractivity contribution is 6.34. The van der Waals surface area contributed by atoms with Crippen molar-refractivity contribution in [3.8, 4) is 11.4 Å². The monoisotopic (exact) mass is 557 g/mol. The molecule has 0 atom stereocenters. The summed E-state index contributed by atoms with van der Waals surface area (Å²) in [6, 6.07) is 14.5. The number of anilines is 2. The molecule has 4 aromatic rings. The van der Waals surface area contributed by atoms with Crippen LogP contribution in [0.3, 0.4) is 0 Å². The van der Waals surface area contributed by atoms with E-state index in [4.69, 9.17) is 16.3 Å². The number of benzene rings is 3. The van der Waals surface area contributed by atoms with E-state index in [1.165, 1.54) is 19.2 Å². The van der Waals surface area contributed by atoms with E-state index in [9.17, 15) is 22.8 Å². The van der Waals surface area contributed by atoms with Crippen molar-refractivity contribution in [1.29, 1.82) is 0 Å². The predicted molar refractivity (Wildman–Crippen MR) is 143 cm³/mol. The van der Waals surface area contributed by atoms with E-state index in [1.54, 1.807) is 43.4 Å². The third-order valence-electron chi connectivity index (χ3n) is 5.68. The molecule has 0 saturated carbocycles. The van der Waals surface area contributed by atoms with Crippen molar-refractivity contribution in [3.05, 3.63) is 82.4 Å². The third kappa shape index (κ3) is 6.62. The summed E-state index contributed by atoms with van der Waals surface area (Å²) >= 11 is 6.26. The van der Waals surface area contributed by atoms with Crippen LogP contribution in [0.4, 0.5) is 24.7 Å². The van der Waals surface area contributed by atoms with Gasteiger partial charge in [0.05, 0.1) is 21.7 Å². The fraction of sp³-hybridized carbons (Fsp3) is 0.185. The maximum atomic E-state index is 13.2. The van der Waals surface area contributed by atoms with Crippen LogP contribution in [0.25, 0.3) is 22.3 Å². The highest BCUT2D eigenvalue weighted by atomic mass is 35.5. The van der Waals surface area contributed by atoms with Gasteiger partial charge < -0.3 is 20.7 Å². The number of amides is 2. The summed E-state index contributed by atoms with van der Waals surface area (Å²) in [6.07, 6.45) is -4.51. The lowest BCUT2D eigenvalue weighted by atomic mass is 10.1. The van der Waals surface area contributed by atoms with Crippen molar-refractivity contribution >= 4 is 45.8 Å². The van der Waals surface area contributed by atoms with E-state index in [-0.39, 0.29) is 41.0 Å². The van der Waals surface area contributed by atoms with E-state index >= 15 is 0 Å². The minimum absolute atomic E-state index is 0.0861. The Balaban J connectivity index is 1.62. The molecule has 8 nitrogen and oxygen atoms in total. The van der Waals surface area contributed by atoms with Gasteiger partial charge in [0.25, 0.3) is 5.91 Å². The standard InChI is InChI=1S/C27H23ClF3N5O3/c1-32-25-19-8-7-18(12-22(19)35-24(36-25)16-4-3-5-17(11-16)27(29,30)31)34-26(38)20-10-15(6-9-21(20)28)13-33-23(37)14-39-2/h3-12H,13-14H2,1-2H3,(H,33,37)(H,34,38)(H,32,35,36). The highest BCUT2D eigenvalue weighted by Gasteiger charge is 2.30. The molecule has 39 heavy (non-hydrogen) atoms. The summed E-state index contributed by atoms with van der Waals surface area (Å²) in [6.45, 7) is 0.0921. The number of nitrogens with zero attached hydrogens (tertiary/aromatic N) is 2. The van der Waals surface area contributed by atoms with E-state index < -0.39 is 17.6 Å². The molecular weight excluding hydrogens is 535 g/mol. The van der Waals surface area contributed by atoms with Crippen LogP contribution in [0.2, 0.25) is 5.02 Å². The molecule has 0 aliphatic heterocycles. The van der Waals surface area contributed by atoms with Crippen LogP contribution in [0.5, 0.6) is 0 Å². The molecule has 1 heterocycles. The van der Waals surface area contributed by atoms with Gasteiger partial charge in [0.1, 0.15) is 12.4 Å². The minimum Gasteiger partial charge on any atom is -0.375 e. The van der Waals surface area contributed by atoms with Crippen LogP contribution in [0, 0.1) is 0 Å². The summed E-state index contributed by atoms with van der Waals surface area (Å²) in [5.74, 6) is -0.295. The molecule has 0 saturated heterocycles. The Morgan fingerprint density at radius 3 is 2.54 bits per heavy atom. The van der Waals surface area contributed by atoms with E-state index in [0.29, 0.717) is 28.0 Å². The number of aromatic nitrogens is 2. The molecule has 0 bridgehead atoms. The predicted octanol–water partition coefficient (Wildman–Crippen LogP) is 5.53. The molecule has 0 radical (unpaired) electrons. The smallest absolute Gasteiger partial charge is 0.375 e. The number of ether oxygens (including phenoxy) is 1. The topological polar surface area (TPSA) is 105 Å². The molecule has 3 aromatic carbocycles. The Bertz CT molecular complexity index is 1550. The number of alkyl halides is 3. The molecule has 2 amide bonds. The van der Waals surface area contributed by atoms with Crippen LogP contribution in [0.15, 0.2) is 60.7 Å². The average Bonchev–Trinajstić information content (AvgIpc) is 2.91. The number of carbonyl (C=O) groups is 2. The normalized spacial score (nSPS) is 11.3. The zero-order chi connectivity index (χ0) is 28.2. The lowest BCUT2D eigenvalue weighted by Gasteiger charge is -2.13. The number of rotatable bonds is 8. The zero-order valence-corrected chi connectivity index (χ0v) is 21.6. The van der Waals surface area contributed by atoms with E-state index in [0.717, 1.165) is 12.1 Å². The summed E-state index contributed by atoms with van der Waals surface area (Å²) in [4.78, 5) is 33.6. The van der Waals surface area contributed by atoms with Gasteiger partial charge in [0.2, 0.25) is 5.91 Å². The molecule has 1 aromatic heterocycles. The van der Waals surface area contributed by atoms with Crippen LogP contribution in [0.1, 0.15) is 21.5 Å².